The van der Waals surface area contributed by atoms with Crippen molar-refractivity contribution in [3.63, 3.8) is 0 Å². The molecule has 0 atom stereocenters. The quantitative estimate of drug-likeness (QED) is 0.914. The van der Waals surface area contributed by atoms with E-state index in [2.05, 4.69) is 10.1 Å². The van der Waals surface area contributed by atoms with Crippen LogP contribution in [0.1, 0.15) is 31.5 Å². The summed E-state index contributed by atoms with van der Waals surface area (Å²) in [5.74, 6) is 2.54. The fourth-order valence-corrected chi connectivity index (χ4v) is 2.62. The summed E-state index contributed by atoms with van der Waals surface area (Å²) in [4.78, 5) is 4.45. The van der Waals surface area contributed by atoms with Crippen molar-refractivity contribution in [2.75, 3.05) is 13.2 Å². The molecule has 0 saturated heterocycles. The standard InChI is InChI=1S/C15H17N3O3.ClH/c16-15(5-1-6-15)14-17-13(21-18-14)10-3-4-11-12(9-10)20-8-2-7-19-11;/h3-4,9H,1-2,5-8,16H2;1H. The molecule has 7 heteroatoms. The van der Waals surface area contributed by atoms with Crippen LogP contribution >= 0.6 is 12.4 Å². The minimum atomic E-state index is -0.410. The third-order valence-corrected chi connectivity index (χ3v) is 4.11. The highest BCUT2D eigenvalue weighted by molar-refractivity contribution is 5.85. The zero-order valence-corrected chi connectivity index (χ0v) is 12.9. The summed E-state index contributed by atoms with van der Waals surface area (Å²) in [6.45, 7) is 1.32. The first-order valence-corrected chi connectivity index (χ1v) is 7.28. The summed E-state index contributed by atoms with van der Waals surface area (Å²) in [7, 11) is 0. The lowest BCUT2D eigenvalue weighted by Gasteiger charge is -2.34. The van der Waals surface area contributed by atoms with Crippen LogP contribution in [0.2, 0.25) is 0 Å². The molecule has 1 fully saturated rings. The number of halogens is 1. The van der Waals surface area contributed by atoms with Gasteiger partial charge in [-0.15, -0.1) is 12.4 Å². The van der Waals surface area contributed by atoms with Crippen molar-refractivity contribution >= 4 is 12.4 Å². The fourth-order valence-electron chi connectivity index (χ4n) is 2.62. The molecule has 1 aliphatic heterocycles. The smallest absolute Gasteiger partial charge is 0.258 e. The molecule has 1 aromatic carbocycles. The Kier molecular flexibility index (Phi) is 3.97. The number of nitrogens with two attached hydrogens (primary N) is 1. The van der Waals surface area contributed by atoms with Crippen molar-refractivity contribution in [2.45, 2.75) is 31.2 Å². The van der Waals surface area contributed by atoms with E-state index in [4.69, 9.17) is 19.7 Å². The maximum atomic E-state index is 6.22. The zero-order valence-electron chi connectivity index (χ0n) is 12.1. The molecule has 22 heavy (non-hydrogen) atoms. The van der Waals surface area contributed by atoms with Crippen molar-refractivity contribution in [2.24, 2.45) is 5.73 Å². The van der Waals surface area contributed by atoms with E-state index in [1.165, 1.54) is 0 Å². The van der Waals surface area contributed by atoms with E-state index in [1.54, 1.807) is 0 Å². The van der Waals surface area contributed by atoms with Gasteiger partial charge in [-0.25, -0.2) is 0 Å². The molecule has 0 radical (unpaired) electrons. The SMILES string of the molecule is Cl.NC1(c2noc(-c3ccc4c(c3)OCCCO4)n2)CCC1. The van der Waals surface area contributed by atoms with Crippen LogP contribution in [0.4, 0.5) is 0 Å². The minimum Gasteiger partial charge on any atom is -0.490 e. The van der Waals surface area contributed by atoms with Gasteiger partial charge in [0.2, 0.25) is 0 Å². The van der Waals surface area contributed by atoms with Crippen LogP contribution in [0.25, 0.3) is 11.5 Å². The summed E-state index contributed by atoms with van der Waals surface area (Å²) < 4.78 is 16.6. The minimum absolute atomic E-state index is 0. The molecule has 1 aliphatic carbocycles. The Bertz CT molecular complexity index is 670. The van der Waals surface area contributed by atoms with E-state index in [0.717, 1.165) is 42.7 Å². The second kappa shape index (κ2) is 5.78. The molecular weight excluding hydrogens is 306 g/mol. The third kappa shape index (κ3) is 2.53. The molecule has 0 amide bonds. The summed E-state index contributed by atoms with van der Waals surface area (Å²) in [6.07, 6.45) is 3.81. The summed E-state index contributed by atoms with van der Waals surface area (Å²) in [6, 6.07) is 5.65. The van der Waals surface area contributed by atoms with Crippen LogP contribution in [0, 0.1) is 0 Å². The van der Waals surface area contributed by atoms with Gasteiger partial charge in [0, 0.05) is 12.0 Å². The number of aromatic nitrogens is 2. The molecule has 2 aromatic rings. The molecule has 2 heterocycles. The predicted octanol–water partition coefficient (Wildman–Crippen LogP) is 2.66. The molecule has 0 bridgehead atoms. The first-order chi connectivity index (χ1) is 10.2. The number of hydrogen-bond acceptors (Lipinski definition) is 6. The largest absolute Gasteiger partial charge is 0.490 e. The van der Waals surface area contributed by atoms with Crippen LogP contribution in [-0.2, 0) is 5.54 Å². The Morgan fingerprint density at radius 3 is 2.55 bits per heavy atom. The van der Waals surface area contributed by atoms with Gasteiger partial charge >= 0.3 is 0 Å². The maximum Gasteiger partial charge on any atom is 0.258 e. The van der Waals surface area contributed by atoms with Crippen molar-refractivity contribution in [1.29, 1.82) is 0 Å². The van der Waals surface area contributed by atoms with Crippen LogP contribution < -0.4 is 15.2 Å². The molecule has 1 saturated carbocycles. The van der Waals surface area contributed by atoms with Gasteiger partial charge < -0.3 is 19.7 Å². The molecule has 4 rings (SSSR count). The second-order valence-corrected chi connectivity index (χ2v) is 5.64. The summed E-state index contributed by atoms with van der Waals surface area (Å²) in [5.41, 5.74) is 6.63. The van der Waals surface area contributed by atoms with Gasteiger partial charge in [-0.1, -0.05) is 5.16 Å². The lowest BCUT2D eigenvalue weighted by atomic mass is 9.77. The molecule has 0 unspecified atom stereocenters. The van der Waals surface area contributed by atoms with Gasteiger partial charge in [0.25, 0.3) is 5.89 Å². The Morgan fingerprint density at radius 2 is 1.82 bits per heavy atom. The van der Waals surface area contributed by atoms with Crippen LogP contribution in [0.5, 0.6) is 11.5 Å². The zero-order chi connectivity index (χ0) is 14.3. The number of fused-ring (bicyclic) bond motifs is 1. The Morgan fingerprint density at radius 1 is 1.05 bits per heavy atom. The lowest BCUT2D eigenvalue weighted by molar-refractivity contribution is 0.229. The number of ether oxygens (including phenoxy) is 2. The van der Waals surface area contributed by atoms with Gasteiger partial charge in [0.05, 0.1) is 18.8 Å². The molecule has 1 aromatic heterocycles. The summed E-state index contributed by atoms with van der Waals surface area (Å²) >= 11 is 0. The second-order valence-electron chi connectivity index (χ2n) is 5.64. The average Bonchev–Trinajstić information content (AvgIpc) is 2.84. The number of nitrogens with zero attached hydrogens (tertiary/aromatic N) is 2. The molecule has 0 spiro atoms. The van der Waals surface area contributed by atoms with Gasteiger partial charge in [-0.3, -0.25) is 0 Å². The van der Waals surface area contributed by atoms with E-state index in [0.29, 0.717) is 24.9 Å². The first-order valence-electron chi connectivity index (χ1n) is 7.28. The van der Waals surface area contributed by atoms with E-state index in [-0.39, 0.29) is 12.4 Å². The number of rotatable bonds is 2. The highest BCUT2D eigenvalue weighted by Gasteiger charge is 2.39. The molecule has 2 N–H and O–H groups in total. The van der Waals surface area contributed by atoms with E-state index in [1.807, 2.05) is 18.2 Å². The first kappa shape index (κ1) is 15.1. The van der Waals surface area contributed by atoms with E-state index >= 15 is 0 Å². The van der Waals surface area contributed by atoms with Crippen molar-refractivity contribution in [3.05, 3.63) is 24.0 Å². The third-order valence-electron chi connectivity index (χ3n) is 4.11. The fraction of sp³-hybridized carbons (Fsp3) is 0.467. The van der Waals surface area contributed by atoms with Crippen molar-refractivity contribution in [1.82, 2.24) is 10.1 Å². The Hall–Kier alpha value is -1.79. The van der Waals surface area contributed by atoms with Crippen molar-refractivity contribution < 1.29 is 14.0 Å². The van der Waals surface area contributed by atoms with Gasteiger partial charge in [0.1, 0.15) is 0 Å². The summed E-state index contributed by atoms with van der Waals surface area (Å²) in [5, 5.41) is 4.03. The highest BCUT2D eigenvalue weighted by atomic mass is 35.5. The lowest BCUT2D eigenvalue weighted by Crippen LogP contribution is -2.44. The van der Waals surface area contributed by atoms with Crippen LogP contribution in [0.3, 0.4) is 0 Å². The Labute approximate surface area is 134 Å². The van der Waals surface area contributed by atoms with Gasteiger partial charge in [-0.2, -0.15) is 4.98 Å². The highest BCUT2D eigenvalue weighted by Crippen LogP contribution is 2.38. The van der Waals surface area contributed by atoms with E-state index in [9.17, 15) is 0 Å². The predicted molar refractivity (Wildman–Crippen MR) is 82.3 cm³/mol. The maximum absolute atomic E-state index is 6.22. The number of benzene rings is 1. The molecule has 6 nitrogen and oxygen atoms in total. The normalized spacial score (nSPS) is 18.8. The molecule has 2 aliphatic rings. The van der Waals surface area contributed by atoms with Gasteiger partial charge in [-0.05, 0) is 37.5 Å². The molecular formula is C15H18ClN3O3. The molecule has 118 valence electrons. The monoisotopic (exact) mass is 323 g/mol. The van der Waals surface area contributed by atoms with Crippen LogP contribution in [0.15, 0.2) is 22.7 Å². The van der Waals surface area contributed by atoms with Gasteiger partial charge in [0.15, 0.2) is 17.3 Å². The van der Waals surface area contributed by atoms with Crippen LogP contribution in [-0.4, -0.2) is 23.4 Å². The van der Waals surface area contributed by atoms with E-state index < -0.39 is 5.54 Å². The number of hydrogen-bond donors (Lipinski definition) is 1. The topological polar surface area (TPSA) is 83.4 Å². The Balaban J connectivity index is 0.00000144. The van der Waals surface area contributed by atoms with Crippen molar-refractivity contribution in [3.8, 4) is 23.0 Å². The average molecular weight is 324 g/mol.